The molecular weight excluding hydrogens is 347 g/mol. The van der Waals surface area contributed by atoms with Crippen molar-refractivity contribution in [2.75, 3.05) is 6.61 Å². The third-order valence-electron chi connectivity index (χ3n) is 2.73. The fraction of sp³-hybridized carbons (Fsp3) is 0.533. The van der Waals surface area contributed by atoms with E-state index in [0.29, 0.717) is 0 Å². The van der Waals surface area contributed by atoms with Crippen molar-refractivity contribution >= 4 is 17.3 Å². The number of hydrogen-bond donors (Lipinski definition) is 1. The van der Waals surface area contributed by atoms with E-state index in [0.717, 1.165) is 12.1 Å². The smallest absolute Gasteiger partial charge is 0.573 e. The van der Waals surface area contributed by atoms with E-state index in [1.54, 1.807) is 27.7 Å². The molecule has 0 heterocycles. The molecule has 0 aliphatic heterocycles. The van der Waals surface area contributed by atoms with Crippen LogP contribution in [0.1, 0.15) is 39.3 Å². The Morgan fingerprint density at radius 2 is 1.96 bits per heavy atom. The summed E-state index contributed by atoms with van der Waals surface area (Å²) in [5, 5.41) is 0. The first-order valence-corrected chi connectivity index (χ1v) is 8.29. The lowest BCUT2D eigenvalue weighted by Gasteiger charge is -2.27. The highest BCUT2D eigenvalue weighted by molar-refractivity contribution is 7.90. The predicted molar refractivity (Wildman–Crippen MR) is 83.5 cm³/mol. The van der Waals surface area contributed by atoms with Crippen LogP contribution in [0.15, 0.2) is 24.3 Å². The molecule has 0 aliphatic rings. The first kappa shape index (κ1) is 20.6. The molecule has 0 unspecified atom stereocenters. The van der Waals surface area contributed by atoms with Crippen LogP contribution in [0.5, 0.6) is 5.75 Å². The second-order valence-electron chi connectivity index (χ2n) is 5.80. The number of nitrogens with one attached hydrogen (secondary N) is 1. The monoisotopic (exact) mass is 367 g/mol. The minimum Gasteiger partial charge on any atom is -0.598 e. The average molecular weight is 367 g/mol. The van der Waals surface area contributed by atoms with Crippen molar-refractivity contribution in [1.29, 1.82) is 0 Å². The molecule has 1 aromatic rings. The summed E-state index contributed by atoms with van der Waals surface area (Å²) >= 11 is -1.63. The normalized spacial score (nSPS) is 14.8. The maximum absolute atomic E-state index is 12.3. The molecular formula is C15H20F3NO4S. The van der Waals surface area contributed by atoms with Gasteiger partial charge in [0, 0.05) is 11.4 Å². The lowest BCUT2D eigenvalue weighted by Crippen LogP contribution is -2.44. The number of rotatable bonds is 6. The highest BCUT2D eigenvalue weighted by Gasteiger charge is 2.35. The van der Waals surface area contributed by atoms with E-state index in [4.69, 9.17) is 4.74 Å². The molecule has 9 heteroatoms. The topological polar surface area (TPSA) is 70.6 Å². The van der Waals surface area contributed by atoms with E-state index in [9.17, 15) is 22.5 Å². The van der Waals surface area contributed by atoms with E-state index < -0.39 is 40.2 Å². The van der Waals surface area contributed by atoms with Gasteiger partial charge in [0.05, 0.1) is 6.61 Å². The predicted octanol–water partition coefficient (Wildman–Crippen LogP) is 3.24. The van der Waals surface area contributed by atoms with Crippen LogP contribution in [0.25, 0.3) is 0 Å². The second kappa shape index (κ2) is 8.09. The van der Waals surface area contributed by atoms with Crippen LogP contribution in [0, 0.1) is 0 Å². The van der Waals surface area contributed by atoms with Crippen LogP contribution in [0.4, 0.5) is 13.2 Å². The van der Waals surface area contributed by atoms with Gasteiger partial charge in [0.2, 0.25) is 0 Å². The van der Waals surface area contributed by atoms with Crippen molar-refractivity contribution in [2.45, 2.75) is 44.8 Å². The molecule has 0 amide bonds. The molecule has 0 bridgehead atoms. The van der Waals surface area contributed by atoms with Crippen molar-refractivity contribution in [3.8, 4) is 5.75 Å². The SMILES string of the molecule is CCOC(=O)[C@H](N[S@+]([O-])C(C)(C)C)c1cccc(OC(F)(F)F)c1. The maximum atomic E-state index is 12.3. The standard InChI is InChI=1S/C15H20F3NO4S/c1-5-22-13(20)12(19-24(21)14(2,3)4)10-7-6-8-11(9-10)23-15(16,17)18/h6-9,12,19H,5H2,1-4H3/t12-,24-/m1/s1. The summed E-state index contributed by atoms with van der Waals surface area (Å²) < 4.78 is 60.0. The lowest BCUT2D eigenvalue weighted by atomic mass is 10.1. The van der Waals surface area contributed by atoms with Gasteiger partial charge in [-0.05, 0) is 45.4 Å². The number of carbonyl (C=O) groups is 1. The number of hydrogen-bond acceptors (Lipinski definition) is 5. The van der Waals surface area contributed by atoms with Gasteiger partial charge in [0.1, 0.15) is 10.5 Å². The van der Waals surface area contributed by atoms with Crippen LogP contribution < -0.4 is 9.46 Å². The molecule has 0 aliphatic carbocycles. The summed E-state index contributed by atoms with van der Waals surface area (Å²) in [4.78, 5) is 12.1. The maximum Gasteiger partial charge on any atom is 0.573 e. The van der Waals surface area contributed by atoms with Crippen LogP contribution in [0.3, 0.4) is 0 Å². The van der Waals surface area contributed by atoms with Gasteiger partial charge in [-0.15, -0.1) is 17.9 Å². The van der Waals surface area contributed by atoms with E-state index in [2.05, 4.69) is 9.46 Å². The Morgan fingerprint density at radius 1 is 1.33 bits per heavy atom. The largest absolute Gasteiger partial charge is 0.598 e. The second-order valence-corrected chi connectivity index (χ2v) is 7.80. The fourth-order valence-electron chi connectivity index (χ4n) is 1.65. The Bertz CT molecular complexity index is 560. The number of carbonyl (C=O) groups excluding carboxylic acids is 1. The molecule has 0 aromatic heterocycles. The zero-order valence-corrected chi connectivity index (χ0v) is 14.6. The summed E-state index contributed by atoms with van der Waals surface area (Å²) in [6.45, 7) is 6.77. The van der Waals surface area contributed by atoms with Gasteiger partial charge in [0.15, 0.2) is 6.04 Å². The summed E-state index contributed by atoms with van der Waals surface area (Å²) in [7, 11) is 0. The first-order chi connectivity index (χ1) is 10.9. The third kappa shape index (κ3) is 6.58. The highest BCUT2D eigenvalue weighted by atomic mass is 32.2. The number of alkyl halides is 3. The zero-order chi connectivity index (χ0) is 18.5. The Hall–Kier alpha value is -1.45. The van der Waals surface area contributed by atoms with E-state index in [1.165, 1.54) is 12.1 Å². The minimum atomic E-state index is -4.85. The minimum absolute atomic E-state index is 0.0813. The van der Waals surface area contributed by atoms with Gasteiger partial charge in [-0.25, -0.2) is 4.79 Å². The first-order valence-electron chi connectivity index (χ1n) is 7.14. The Labute approximate surface area is 141 Å². The molecule has 0 saturated heterocycles. The van der Waals surface area contributed by atoms with Crippen molar-refractivity contribution < 1.29 is 32.0 Å². The van der Waals surface area contributed by atoms with Gasteiger partial charge < -0.3 is 14.0 Å². The third-order valence-corrected chi connectivity index (χ3v) is 4.29. The molecule has 0 fully saturated rings. The fourth-order valence-corrected chi connectivity index (χ4v) is 2.45. The molecule has 0 radical (unpaired) electrons. The molecule has 0 saturated carbocycles. The van der Waals surface area contributed by atoms with Crippen molar-refractivity contribution in [1.82, 2.24) is 4.72 Å². The Balaban J connectivity index is 3.10. The molecule has 1 aromatic carbocycles. The van der Waals surface area contributed by atoms with Crippen LogP contribution in [-0.2, 0) is 20.9 Å². The van der Waals surface area contributed by atoms with Gasteiger partial charge >= 0.3 is 12.3 Å². The van der Waals surface area contributed by atoms with Crippen LogP contribution in [-0.4, -0.2) is 28.2 Å². The van der Waals surface area contributed by atoms with E-state index >= 15 is 0 Å². The van der Waals surface area contributed by atoms with Crippen molar-refractivity contribution in [3.63, 3.8) is 0 Å². The highest BCUT2D eigenvalue weighted by Crippen LogP contribution is 2.27. The number of esters is 1. The molecule has 1 rings (SSSR count). The molecule has 0 spiro atoms. The van der Waals surface area contributed by atoms with Crippen LogP contribution in [0.2, 0.25) is 0 Å². The molecule has 5 nitrogen and oxygen atoms in total. The number of ether oxygens (including phenoxy) is 2. The number of halogens is 3. The van der Waals surface area contributed by atoms with Crippen LogP contribution >= 0.6 is 0 Å². The van der Waals surface area contributed by atoms with Crippen molar-refractivity contribution in [2.24, 2.45) is 0 Å². The molecule has 24 heavy (non-hydrogen) atoms. The molecule has 136 valence electrons. The summed E-state index contributed by atoms with van der Waals surface area (Å²) in [5.41, 5.74) is 0.160. The van der Waals surface area contributed by atoms with Crippen molar-refractivity contribution in [3.05, 3.63) is 29.8 Å². The van der Waals surface area contributed by atoms with Gasteiger partial charge in [0.25, 0.3) is 0 Å². The Morgan fingerprint density at radius 3 is 2.46 bits per heavy atom. The average Bonchev–Trinajstić information content (AvgIpc) is 2.42. The summed E-state index contributed by atoms with van der Waals surface area (Å²) in [6.07, 6.45) is -4.85. The molecule has 2 atom stereocenters. The quantitative estimate of drug-likeness (QED) is 0.617. The summed E-state index contributed by atoms with van der Waals surface area (Å²) in [5.74, 6) is -1.21. The van der Waals surface area contributed by atoms with E-state index in [-0.39, 0.29) is 12.2 Å². The zero-order valence-electron chi connectivity index (χ0n) is 13.8. The van der Waals surface area contributed by atoms with Gasteiger partial charge in [-0.2, -0.15) is 0 Å². The summed E-state index contributed by atoms with van der Waals surface area (Å²) in [6, 6.07) is 3.73. The van der Waals surface area contributed by atoms with Gasteiger partial charge in [-0.1, -0.05) is 12.1 Å². The lowest BCUT2D eigenvalue weighted by molar-refractivity contribution is -0.274. The number of benzene rings is 1. The Kier molecular flexibility index (Phi) is 6.94. The molecule has 1 N–H and O–H groups in total. The van der Waals surface area contributed by atoms with Gasteiger partial charge in [-0.3, -0.25) is 0 Å². The van der Waals surface area contributed by atoms with E-state index in [1.807, 2.05) is 0 Å².